The molecule has 0 saturated heterocycles. The van der Waals surface area contributed by atoms with Crippen LogP contribution in [0.3, 0.4) is 0 Å². The molecule has 1 aliphatic heterocycles. The smallest absolute Gasteiger partial charge is 0.195 e. The molecular formula is C16H17N5O. The van der Waals surface area contributed by atoms with Crippen molar-refractivity contribution in [2.45, 2.75) is 19.5 Å². The molecule has 3 aromatic rings. The predicted molar refractivity (Wildman–Crippen MR) is 80.8 cm³/mol. The van der Waals surface area contributed by atoms with Gasteiger partial charge in [0.2, 0.25) is 0 Å². The lowest BCUT2D eigenvalue weighted by molar-refractivity contribution is 0.236. The van der Waals surface area contributed by atoms with Gasteiger partial charge in [0, 0.05) is 51.1 Å². The zero-order valence-corrected chi connectivity index (χ0v) is 12.4. The molecule has 0 unspecified atom stereocenters. The molecule has 6 nitrogen and oxygen atoms in total. The normalized spacial score (nSPS) is 15.0. The van der Waals surface area contributed by atoms with E-state index in [1.54, 1.807) is 6.26 Å². The van der Waals surface area contributed by atoms with E-state index in [9.17, 15) is 0 Å². The molecule has 4 heterocycles. The fourth-order valence-corrected chi connectivity index (χ4v) is 2.82. The van der Waals surface area contributed by atoms with Gasteiger partial charge in [-0.3, -0.25) is 9.58 Å². The monoisotopic (exact) mass is 295 g/mol. The Balaban J connectivity index is 1.53. The molecule has 0 aromatic carbocycles. The van der Waals surface area contributed by atoms with Crippen molar-refractivity contribution in [1.82, 2.24) is 24.6 Å². The van der Waals surface area contributed by atoms with Crippen LogP contribution in [0.25, 0.3) is 11.6 Å². The molecular weight excluding hydrogens is 278 g/mol. The van der Waals surface area contributed by atoms with E-state index in [1.165, 1.54) is 11.3 Å². The zero-order valence-electron chi connectivity index (χ0n) is 12.4. The molecule has 22 heavy (non-hydrogen) atoms. The van der Waals surface area contributed by atoms with E-state index >= 15 is 0 Å². The van der Waals surface area contributed by atoms with Gasteiger partial charge in [-0.1, -0.05) is 0 Å². The minimum absolute atomic E-state index is 0.670. The summed E-state index contributed by atoms with van der Waals surface area (Å²) < 4.78 is 7.29. The van der Waals surface area contributed by atoms with E-state index in [1.807, 2.05) is 36.3 Å². The van der Waals surface area contributed by atoms with Crippen LogP contribution in [0.2, 0.25) is 0 Å². The SMILES string of the molecule is Cn1nccc1CN1CCc2nc(-c3ccco3)ncc2C1. The van der Waals surface area contributed by atoms with Gasteiger partial charge >= 0.3 is 0 Å². The van der Waals surface area contributed by atoms with Gasteiger partial charge in [0.15, 0.2) is 11.6 Å². The van der Waals surface area contributed by atoms with Gasteiger partial charge in [-0.2, -0.15) is 5.10 Å². The number of hydrogen-bond donors (Lipinski definition) is 0. The number of aromatic nitrogens is 4. The summed E-state index contributed by atoms with van der Waals surface area (Å²) in [5.74, 6) is 1.39. The highest BCUT2D eigenvalue weighted by Gasteiger charge is 2.20. The third-order valence-electron chi connectivity index (χ3n) is 4.06. The minimum atomic E-state index is 0.670. The molecule has 1 aliphatic rings. The molecule has 0 fully saturated rings. The number of fused-ring (bicyclic) bond motifs is 1. The molecule has 0 saturated carbocycles. The molecule has 6 heteroatoms. The summed E-state index contributed by atoms with van der Waals surface area (Å²) in [5, 5.41) is 4.22. The summed E-state index contributed by atoms with van der Waals surface area (Å²) in [4.78, 5) is 11.5. The molecule has 0 amide bonds. The second-order valence-corrected chi connectivity index (χ2v) is 5.55. The van der Waals surface area contributed by atoms with E-state index in [0.717, 1.165) is 37.5 Å². The Labute approximate surface area is 128 Å². The number of rotatable bonds is 3. The van der Waals surface area contributed by atoms with Crippen LogP contribution >= 0.6 is 0 Å². The molecule has 0 spiro atoms. The van der Waals surface area contributed by atoms with E-state index in [4.69, 9.17) is 4.42 Å². The number of aryl methyl sites for hydroxylation is 1. The zero-order chi connectivity index (χ0) is 14.9. The van der Waals surface area contributed by atoms with Gasteiger partial charge in [-0.25, -0.2) is 9.97 Å². The van der Waals surface area contributed by atoms with Gasteiger partial charge in [0.25, 0.3) is 0 Å². The largest absolute Gasteiger partial charge is 0.461 e. The average Bonchev–Trinajstić information content (AvgIpc) is 3.19. The van der Waals surface area contributed by atoms with Crippen LogP contribution in [-0.4, -0.2) is 31.2 Å². The summed E-state index contributed by atoms with van der Waals surface area (Å²) in [6, 6.07) is 5.80. The third-order valence-corrected chi connectivity index (χ3v) is 4.06. The van der Waals surface area contributed by atoms with Gasteiger partial charge in [-0.05, 0) is 18.2 Å². The van der Waals surface area contributed by atoms with E-state index in [0.29, 0.717) is 5.82 Å². The topological polar surface area (TPSA) is 60.0 Å². The summed E-state index contributed by atoms with van der Waals surface area (Å²) in [6.45, 7) is 2.77. The molecule has 0 radical (unpaired) electrons. The fraction of sp³-hybridized carbons (Fsp3) is 0.312. The highest BCUT2D eigenvalue weighted by Crippen LogP contribution is 2.22. The predicted octanol–water partition coefficient (Wildman–Crippen LogP) is 2.03. The summed E-state index contributed by atoms with van der Waals surface area (Å²) in [5.41, 5.74) is 3.54. The first-order valence-corrected chi connectivity index (χ1v) is 7.37. The minimum Gasteiger partial charge on any atom is -0.461 e. The van der Waals surface area contributed by atoms with Crippen LogP contribution < -0.4 is 0 Å². The van der Waals surface area contributed by atoms with Crippen LogP contribution in [0.4, 0.5) is 0 Å². The maximum atomic E-state index is 5.37. The Kier molecular flexibility index (Phi) is 3.23. The second-order valence-electron chi connectivity index (χ2n) is 5.55. The maximum absolute atomic E-state index is 5.37. The van der Waals surface area contributed by atoms with Crippen molar-refractivity contribution in [2.75, 3.05) is 6.54 Å². The van der Waals surface area contributed by atoms with Crippen LogP contribution in [0.15, 0.2) is 41.3 Å². The quantitative estimate of drug-likeness (QED) is 0.740. The molecule has 4 rings (SSSR count). The number of hydrogen-bond acceptors (Lipinski definition) is 5. The van der Waals surface area contributed by atoms with Crippen molar-refractivity contribution < 1.29 is 4.42 Å². The Morgan fingerprint density at radius 2 is 2.27 bits per heavy atom. The lowest BCUT2D eigenvalue weighted by atomic mass is 10.1. The van der Waals surface area contributed by atoms with Gasteiger partial charge in [-0.15, -0.1) is 0 Å². The Bertz CT molecular complexity index is 778. The van der Waals surface area contributed by atoms with E-state index in [-0.39, 0.29) is 0 Å². The van der Waals surface area contributed by atoms with E-state index < -0.39 is 0 Å². The van der Waals surface area contributed by atoms with Crippen molar-refractivity contribution >= 4 is 0 Å². The van der Waals surface area contributed by atoms with Crippen LogP contribution in [-0.2, 0) is 26.6 Å². The van der Waals surface area contributed by atoms with Crippen LogP contribution in [0, 0.1) is 0 Å². The van der Waals surface area contributed by atoms with Gasteiger partial charge < -0.3 is 4.42 Å². The molecule has 0 aliphatic carbocycles. The Morgan fingerprint density at radius 3 is 3.05 bits per heavy atom. The Hall–Kier alpha value is -2.47. The highest BCUT2D eigenvalue weighted by molar-refractivity contribution is 5.46. The van der Waals surface area contributed by atoms with Gasteiger partial charge in [0.05, 0.1) is 17.7 Å². The average molecular weight is 295 g/mol. The lowest BCUT2D eigenvalue weighted by Gasteiger charge is -2.27. The first kappa shape index (κ1) is 13.2. The summed E-state index contributed by atoms with van der Waals surface area (Å²) in [6.07, 6.45) is 6.35. The molecule has 3 aromatic heterocycles. The standard InChI is InChI=1S/C16H17N5O/c1-20-13(4-6-18-20)11-21-7-5-14-12(10-21)9-17-16(19-14)15-3-2-8-22-15/h2-4,6,8-9H,5,7,10-11H2,1H3. The molecule has 0 bridgehead atoms. The number of nitrogens with zero attached hydrogens (tertiary/aromatic N) is 5. The maximum Gasteiger partial charge on any atom is 0.195 e. The molecule has 0 atom stereocenters. The van der Waals surface area contributed by atoms with Crippen molar-refractivity contribution in [3.63, 3.8) is 0 Å². The van der Waals surface area contributed by atoms with Crippen molar-refractivity contribution in [2.24, 2.45) is 7.05 Å². The van der Waals surface area contributed by atoms with Crippen LogP contribution in [0.5, 0.6) is 0 Å². The first-order valence-electron chi connectivity index (χ1n) is 7.37. The first-order chi connectivity index (χ1) is 10.8. The van der Waals surface area contributed by atoms with Crippen molar-refractivity contribution in [3.8, 4) is 11.6 Å². The van der Waals surface area contributed by atoms with Crippen molar-refractivity contribution in [1.29, 1.82) is 0 Å². The fourth-order valence-electron chi connectivity index (χ4n) is 2.82. The summed E-state index contributed by atoms with van der Waals surface area (Å²) >= 11 is 0. The molecule has 0 N–H and O–H groups in total. The lowest BCUT2D eigenvalue weighted by Crippen LogP contribution is -2.31. The second kappa shape index (κ2) is 5.38. The number of furan rings is 1. The van der Waals surface area contributed by atoms with Gasteiger partial charge in [0.1, 0.15) is 0 Å². The van der Waals surface area contributed by atoms with Crippen molar-refractivity contribution in [3.05, 3.63) is 53.8 Å². The molecule has 112 valence electrons. The Morgan fingerprint density at radius 1 is 1.32 bits per heavy atom. The third kappa shape index (κ3) is 2.42. The highest BCUT2D eigenvalue weighted by atomic mass is 16.3. The van der Waals surface area contributed by atoms with Crippen LogP contribution in [0.1, 0.15) is 17.0 Å². The van der Waals surface area contributed by atoms with E-state index in [2.05, 4.69) is 26.0 Å². The summed E-state index contributed by atoms with van der Waals surface area (Å²) in [7, 11) is 1.98.